The lowest BCUT2D eigenvalue weighted by atomic mass is 10.1. The maximum atomic E-state index is 9.10. The van der Waals surface area contributed by atoms with Gasteiger partial charge in [0.25, 0.3) is 5.97 Å². The maximum absolute atomic E-state index is 9.10. The van der Waals surface area contributed by atoms with Gasteiger partial charge in [-0.3, -0.25) is 4.79 Å². The van der Waals surface area contributed by atoms with E-state index < -0.39 is 5.97 Å². The van der Waals surface area contributed by atoms with Gasteiger partial charge < -0.3 is 10.2 Å². The van der Waals surface area contributed by atoms with Gasteiger partial charge in [-0.15, -0.1) is 0 Å². The summed E-state index contributed by atoms with van der Waals surface area (Å²) in [6.07, 6.45) is -0.368. The first kappa shape index (κ1) is 13.1. The molecule has 0 unspecified atom stereocenters. The molecule has 0 saturated carbocycles. The van der Waals surface area contributed by atoms with Crippen molar-refractivity contribution in [2.45, 2.75) is 20.0 Å². The van der Waals surface area contributed by atoms with Gasteiger partial charge in [0.05, 0.1) is 6.10 Å². The van der Waals surface area contributed by atoms with E-state index in [0.29, 0.717) is 0 Å². The van der Waals surface area contributed by atoms with Crippen molar-refractivity contribution in [2.24, 2.45) is 0 Å². The minimum Gasteiger partial charge on any atom is -0.481 e. The summed E-state index contributed by atoms with van der Waals surface area (Å²) in [6, 6.07) is 7.63. The number of hydrogen-bond acceptors (Lipinski definition) is 2. The molecule has 0 fully saturated rings. The lowest BCUT2D eigenvalue weighted by molar-refractivity contribution is -0.134. The molecule has 3 nitrogen and oxygen atoms in total. The van der Waals surface area contributed by atoms with Crippen molar-refractivity contribution in [3.05, 3.63) is 34.3 Å². The van der Waals surface area contributed by atoms with E-state index >= 15 is 0 Å². The number of carboxylic acid groups (broad SMARTS) is 1. The monoisotopic (exact) mass is 260 g/mol. The minimum absolute atomic E-state index is 0.368. The van der Waals surface area contributed by atoms with E-state index in [4.69, 9.17) is 15.0 Å². The second kappa shape index (κ2) is 6.56. The molecule has 0 aliphatic carbocycles. The van der Waals surface area contributed by atoms with Crippen molar-refractivity contribution in [1.82, 2.24) is 0 Å². The van der Waals surface area contributed by atoms with Crippen LogP contribution in [0.4, 0.5) is 0 Å². The number of carboxylic acids is 1. The van der Waals surface area contributed by atoms with Crippen LogP contribution in [0, 0.1) is 0 Å². The molecule has 1 aromatic rings. The molecule has 1 atom stereocenters. The molecule has 0 spiro atoms. The van der Waals surface area contributed by atoms with Gasteiger partial charge in [0.2, 0.25) is 0 Å². The molecule has 0 bridgehead atoms. The van der Waals surface area contributed by atoms with E-state index in [1.807, 2.05) is 24.3 Å². The fraction of sp³-hybridized carbons (Fsp3) is 0.300. The number of aliphatic carboxylic acids is 1. The highest BCUT2D eigenvalue weighted by Gasteiger charge is 1.97. The third-order valence-corrected chi connectivity index (χ3v) is 1.88. The Morgan fingerprint density at radius 1 is 1.36 bits per heavy atom. The summed E-state index contributed by atoms with van der Waals surface area (Å²) in [5, 5.41) is 16.5. The van der Waals surface area contributed by atoms with Crippen molar-refractivity contribution < 1.29 is 15.0 Å². The van der Waals surface area contributed by atoms with E-state index in [1.54, 1.807) is 6.92 Å². The fourth-order valence-electron chi connectivity index (χ4n) is 0.741. The van der Waals surface area contributed by atoms with Crippen LogP contribution in [0.1, 0.15) is 25.5 Å². The summed E-state index contributed by atoms with van der Waals surface area (Å²) in [4.78, 5) is 9.00. The van der Waals surface area contributed by atoms with Gasteiger partial charge in [-0.25, -0.2) is 0 Å². The van der Waals surface area contributed by atoms with Crippen LogP contribution in [0.15, 0.2) is 28.7 Å². The molecular formula is C10H13BrO3. The van der Waals surface area contributed by atoms with E-state index in [9.17, 15) is 0 Å². The highest BCUT2D eigenvalue weighted by Crippen LogP contribution is 2.15. The average molecular weight is 261 g/mol. The van der Waals surface area contributed by atoms with Gasteiger partial charge in [0, 0.05) is 11.4 Å². The number of benzene rings is 1. The molecule has 1 rings (SSSR count). The van der Waals surface area contributed by atoms with Crippen LogP contribution >= 0.6 is 15.9 Å². The standard InChI is InChI=1S/C8H9BrO.C2H4O2/c1-6(10)7-2-4-8(9)5-3-7;1-2(3)4/h2-6,10H,1H3;1H3,(H,3,4)/t6-;/m1./s1. The quantitative estimate of drug-likeness (QED) is 0.816. The first-order valence-electron chi connectivity index (χ1n) is 4.06. The summed E-state index contributed by atoms with van der Waals surface area (Å²) in [5.41, 5.74) is 0.947. The summed E-state index contributed by atoms with van der Waals surface area (Å²) in [6.45, 7) is 2.84. The molecule has 2 N–H and O–H groups in total. The predicted octanol–water partition coefficient (Wildman–Crippen LogP) is 2.59. The number of aliphatic hydroxyl groups is 1. The van der Waals surface area contributed by atoms with Crippen LogP contribution < -0.4 is 0 Å². The first-order chi connectivity index (χ1) is 6.43. The van der Waals surface area contributed by atoms with Crippen molar-refractivity contribution in [3.63, 3.8) is 0 Å². The zero-order valence-corrected chi connectivity index (χ0v) is 9.65. The normalized spacial score (nSPS) is 11.1. The van der Waals surface area contributed by atoms with E-state index in [1.165, 1.54) is 0 Å². The zero-order chi connectivity index (χ0) is 11.1. The molecule has 0 heterocycles. The fourth-order valence-corrected chi connectivity index (χ4v) is 1.01. The van der Waals surface area contributed by atoms with Crippen LogP contribution in [0.3, 0.4) is 0 Å². The minimum atomic E-state index is -0.833. The Kier molecular flexibility index (Phi) is 6.16. The van der Waals surface area contributed by atoms with Gasteiger partial charge >= 0.3 is 0 Å². The second-order valence-electron chi connectivity index (χ2n) is 2.75. The Labute approximate surface area is 91.5 Å². The Bertz CT molecular complexity index is 276. The Hall–Kier alpha value is -0.870. The number of rotatable bonds is 1. The first-order valence-corrected chi connectivity index (χ1v) is 4.86. The smallest absolute Gasteiger partial charge is 0.300 e. The number of hydrogen-bond donors (Lipinski definition) is 2. The van der Waals surface area contributed by atoms with Crippen molar-refractivity contribution >= 4 is 21.9 Å². The van der Waals surface area contributed by atoms with Crippen LogP contribution in [-0.4, -0.2) is 16.2 Å². The predicted molar refractivity (Wildman–Crippen MR) is 58.1 cm³/mol. The summed E-state index contributed by atoms with van der Waals surface area (Å²) < 4.78 is 1.04. The number of halogens is 1. The third kappa shape index (κ3) is 6.62. The summed E-state index contributed by atoms with van der Waals surface area (Å²) in [5.74, 6) is -0.833. The van der Waals surface area contributed by atoms with Gasteiger partial charge in [-0.05, 0) is 24.6 Å². The molecule has 0 radical (unpaired) electrons. The lowest BCUT2D eigenvalue weighted by Gasteiger charge is -2.02. The molecule has 0 aliphatic heterocycles. The third-order valence-electron chi connectivity index (χ3n) is 1.35. The molecular weight excluding hydrogens is 248 g/mol. The molecule has 0 aromatic heterocycles. The number of carbonyl (C=O) groups is 1. The van der Waals surface area contributed by atoms with E-state index in [-0.39, 0.29) is 6.10 Å². The highest BCUT2D eigenvalue weighted by atomic mass is 79.9. The molecule has 0 saturated heterocycles. The van der Waals surface area contributed by atoms with Crippen LogP contribution in [-0.2, 0) is 4.79 Å². The van der Waals surface area contributed by atoms with Crippen molar-refractivity contribution in [3.8, 4) is 0 Å². The molecule has 0 amide bonds. The second-order valence-corrected chi connectivity index (χ2v) is 3.66. The molecule has 14 heavy (non-hydrogen) atoms. The SMILES string of the molecule is CC(=O)O.C[C@@H](O)c1ccc(Br)cc1. The number of aliphatic hydroxyl groups excluding tert-OH is 1. The summed E-state index contributed by atoms with van der Waals surface area (Å²) in [7, 11) is 0. The highest BCUT2D eigenvalue weighted by molar-refractivity contribution is 9.10. The molecule has 78 valence electrons. The van der Waals surface area contributed by atoms with Gasteiger partial charge in [0.15, 0.2) is 0 Å². The zero-order valence-electron chi connectivity index (χ0n) is 8.07. The average Bonchev–Trinajstić information content (AvgIpc) is 2.03. The van der Waals surface area contributed by atoms with Crippen molar-refractivity contribution in [2.75, 3.05) is 0 Å². The molecule has 1 aromatic carbocycles. The van der Waals surface area contributed by atoms with E-state index in [2.05, 4.69) is 15.9 Å². The van der Waals surface area contributed by atoms with Crippen LogP contribution in [0.2, 0.25) is 0 Å². The van der Waals surface area contributed by atoms with E-state index in [0.717, 1.165) is 17.0 Å². The Morgan fingerprint density at radius 3 is 2.00 bits per heavy atom. The van der Waals surface area contributed by atoms with Gasteiger partial charge in [-0.1, -0.05) is 28.1 Å². The van der Waals surface area contributed by atoms with Gasteiger partial charge in [0.1, 0.15) is 0 Å². The van der Waals surface area contributed by atoms with Crippen molar-refractivity contribution in [1.29, 1.82) is 0 Å². The summed E-state index contributed by atoms with van der Waals surface area (Å²) >= 11 is 3.31. The molecule has 4 heteroatoms. The van der Waals surface area contributed by atoms with Gasteiger partial charge in [-0.2, -0.15) is 0 Å². The maximum Gasteiger partial charge on any atom is 0.300 e. The largest absolute Gasteiger partial charge is 0.481 e. The topological polar surface area (TPSA) is 57.5 Å². The Balaban J connectivity index is 0.000000364. The lowest BCUT2D eigenvalue weighted by Crippen LogP contribution is -1.88. The molecule has 0 aliphatic rings. The Morgan fingerprint density at radius 2 is 1.71 bits per heavy atom. The van der Waals surface area contributed by atoms with Crippen LogP contribution in [0.5, 0.6) is 0 Å². The van der Waals surface area contributed by atoms with Crippen LogP contribution in [0.25, 0.3) is 0 Å².